The van der Waals surface area contributed by atoms with Gasteiger partial charge in [0.2, 0.25) is 0 Å². The van der Waals surface area contributed by atoms with E-state index in [0.717, 1.165) is 32.6 Å². The molecule has 140 valence electrons. The van der Waals surface area contributed by atoms with Crippen molar-refractivity contribution in [2.45, 2.75) is 20.4 Å². The maximum absolute atomic E-state index is 13.7. The zero-order chi connectivity index (χ0) is 19.7. The summed E-state index contributed by atoms with van der Waals surface area (Å²) >= 11 is 3.54. The third kappa shape index (κ3) is 3.45. The molecule has 1 amide bonds. The SMILES string of the molecule is Cc1nc2c(C)cc(Br)cn2c1C(=O)N(Cc1ccccc1)c1ccccc1. The van der Waals surface area contributed by atoms with Crippen LogP contribution in [0.2, 0.25) is 0 Å². The Hall–Kier alpha value is -2.92. The van der Waals surface area contributed by atoms with Gasteiger partial charge in [-0.2, -0.15) is 0 Å². The molecule has 0 aliphatic carbocycles. The molecule has 4 aromatic rings. The molecule has 0 spiro atoms. The number of pyridine rings is 1. The number of nitrogens with zero attached hydrogens (tertiary/aromatic N) is 3. The number of para-hydroxylation sites is 1. The third-order valence-electron chi connectivity index (χ3n) is 4.74. The molecule has 28 heavy (non-hydrogen) atoms. The molecule has 2 heterocycles. The van der Waals surface area contributed by atoms with Crippen molar-refractivity contribution < 1.29 is 4.79 Å². The number of aryl methyl sites for hydroxylation is 2. The fourth-order valence-corrected chi connectivity index (χ4v) is 3.97. The third-order valence-corrected chi connectivity index (χ3v) is 5.18. The number of imidazole rings is 1. The minimum absolute atomic E-state index is 0.0717. The van der Waals surface area contributed by atoms with Gasteiger partial charge in [-0.25, -0.2) is 4.98 Å². The van der Waals surface area contributed by atoms with E-state index in [4.69, 9.17) is 0 Å². The quantitative estimate of drug-likeness (QED) is 0.422. The average molecular weight is 434 g/mol. The van der Waals surface area contributed by atoms with Crippen molar-refractivity contribution in [1.82, 2.24) is 9.38 Å². The van der Waals surface area contributed by atoms with E-state index in [0.29, 0.717) is 12.2 Å². The number of carbonyl (C=O) groups excluding carboxylic acids is 1. The molecule has 2 aromatic carbocycles. The Bertz CT molecular complexity index is 1140. The number of hydrogen-bond acceptors (Lipinski definition) is 2. The van der Waals surface area contributed by atoms with Gasteiger partial charge in [-0.1, -0.05) is 48.5 Å². The number of aromatic nitrogens is 2. The first-order valence-corrected chi connectivity index (χ1v) is 9.89. The molecule has 4 rings (SSSR count). The molecule has 0 atom stereocenters. The lowest BCUT2D eigenvalue weighted by Crippen LogP contribution is -2.31. The number of halogens is 1. The smallest absolute Gasteiger partial charge is 0.277 e. The van der Waals surface area contributed by atoms with Crippen LogP contribution in [0.1, 0.15) is 27.3 Å². The lowest BCUT2D eigenvalue weighted by Gasteiger charge is -2.23. The van der Waals surface area contributed by atoms with Crippen molar-refractivity contribution in [3.8, 4) is 0 Å². The van der Waals surface area contributed by atoms with E-state index in [-0.39, 0.29) is 5.91 Å². The van der Waals surface area contributed by atoms with Gasteiger partial charge in [-0.3, -0.25) is 9.20 Å². The second-order valence-electron chi connectivity index (χ2n) is 6.79. The van der Waals surface area contributed by atoms with Crippen LogP contribution in [0.4, 0.5) is 5.69 Å². The Kier molecular flexibility index (Phi) is 5.01. The fourth-order valence-electron chi connectivity index (χ4n) is 3.42. The number of hydrogen-bond donors (Lipinski definition) is 0. The van der Waals surface area contributed by atoms with Crippen molar-refractivity contribution in [3.63, 3.8) is 0 Å². The molecule has 0 N–H and O–H groups in total. The van der Waals surface area contributed by atoms with E-state index in [1.807, 2.05) is 96.1 Å². The van der Waals surface area contributed by atoms with Gasteiger partial charge in [0.25, 0.3) is 5.91 Å². The fraction of sp³-hybridized carbons (Fsp3) is 0.130. The summed E-state index contributed by atoms with van der Waals surface area (Å²) in [6.07, 6.45) is 1.90. The molecular weight excluding hydrogens is 414 g/mol. The predicted octanol–water partition coefficient (Wildman–Crippen LogP) is 5.56. The maximum Gasteiger partial charge on any atom is 0.277 e. The highest BCUT2D eigenvalue weighted by molar-refractivity contribution is 9.10. The zero-order valence-corrected chi connectivity index (χ0v) is 17.3. The van der Waals surface area contributed by atoms with Gasteiger partial charge in [0.15, 0.2) is 0 Å². The van der Waals surface area contributed by atoms with Crippen LogP contribution in [0.5, 0.6) is 0 Å². The minimum atomic E-state index is -0.0717. The summed E-state index contributed by atoms with van der Waals surface area (Å²) in [6.45, 7) is 4.38. The van der Waals surface area contributed by atoms with Gasteiger partial charge in [-0.05, 0) is 59.1 Å². The zero-order valence-electron chi connectivity index (χ0n) is 15.8. The summed E-state index contributed by atoms with van der Waals surface area (Å²) in [5, 5.41) is 0. The number of anilines is 1. The van der Waals surface area contributed by atoms with Crippen LogP contribution in [0.3, 0.4) is 0 Å². The topological polar surface area (TPSA) is 37.6 Å². The molecule has 5 heteroatoms. The molecular formula is C23H20BrN3O. The molecule has 0 fully saturated rings. The Morgan fingerprint density at radius 2 is 1.68 bits per heavy atom. The Labute approximate surface area is 172 Å². The van der Waals surface area contributed by atoms with Gasteiger partial charge < -0.3 is 4.90 Å². The van der Waals surface area contributed by atoms with Gasteiger partial charge in [0.05, 0.1) is 12.2 Å². The Morgan fingerprint density at radius 3 is 2.36 bits per heavy atom. The Morgan fingerprint density at radius 1 is 1.04 bits per heavy atom. The molecule has 0 aliphatic rings. The average Bonchev–Trinajstić information content (AvgIpc) is 3.03. The molecule has 0 saturated heterocycles. The largest absolute Gasteiger partial charge is 0.303 e. The van der Waals surface area contributed by atoms with Crippen LogP contribution < -0.4 is 4.90 Å². The summed E-state index contributed by atoms with van der Waals surface area (Å²) in [4.78, 5) is 20.2. The standard InChI is InChI=1S/C23H20BrN3O/c1-16-13-19(24)15-27-21(17(2)25-22(16)27)23(28)26(20-11-7-4-8-12-20)14-18-9-5-3-6-10-18/h3-13,15H,14H2,1-2H3. The van der Waals surface area contributed by atoms with E-state index in [2.05, 4.69) is 20.9 Å². The molecule has 0 saturated carbocycles. The lowest BCUT2D eigenvalue weighted by molar-refractivity contribution is 0.0979. The van der Waals surface area contributed by atoms with Crippen LogP contribution >= 0.6 is 15.9 Å². The number of benzene rings is 2. The summed E-state index contributed by atoms with van der Waals surface area (Å²) < 4.78 is 2.80. The van der Waals surface area contributed by atoms with E-state index >= 15 is 0 Å². The number of rotatable bonds is 4. The molecule has 0 unspecified atom stereocenters. The van der Waals surface area contributed by atoms with Gasteiger partial charge in [0.1, 0.15) is 11.3 Å². The molecule has 2 aromatic heterocycles. The normalized spacial score (nSPS) is 11.0. The van der Waals surface area contributed by atoms with Crippen molar-refractivity contribution in [3.05, 3.63) is 99.9 Å². The van der Waals surface area contributed by atoms with Crippen LogP contribution in [-0.2, 0) is 6.54 Å². The number of fused-ring (bicyclic) bond motifs is 1. The highest BCUT2D eigenvalue weighted by atomic mass is 79.9. The predicted molar refractivity (Wildman–Crippen MR) is 116 cm³/mol. The second kappa shape index (κ2) is 7.60. The summed E-state index contributed by atoms with van der Waals surface area (Å²) in [6, 6.07) is 21.8. The molecule has 0 bridgehead atoms. The van der Waals surface area contributed by atoms with E-state index in [9.17, 15) is 4.79 Å². The van der Waals surface area contributed by atoms with E-state index < -0.39 is 0 Å². The molecule has 0 radical (unpaired) electrons. The molecule has 4 nitrogen and oxygen atoms in total. The van der Waals surface area contributed by atoms with Crippen molar-refractivity contribution in [2.75, 3.05) is 4.90 Å². The second-order valence-corrected chi connectivity index (χ2v) is 7.71. The monoisotopic (exact) mass is 433 g/mol. The summed E-state index contributed by atoms with van der Waals surface area (Å²) in [5.74, 6) is -0.0717. The number of carbonyl (C=O) groups is 1. The first-order valence-electron chi connectivity index (χ1n) is 9.10. The van der Waals surface area contributed by atoms with E-state index in [1.54, 1.807) is 0 Å². The lowest BCUT2D eigenvalue weighted by atomic mass is 10.1. The van der Waals surface area contributed by atoms with E-state index in [1.165, 1.54) is 0 Å². The van der Waals surface area contributed by atoms with Gasteiger partial charge in [-0.15, -0.1) is 0 Å². The van der Waals surface area contributed by atoms with Crippen molar-refractivity contribution in [1.29, 1.82) is 0 Å². The Balaban J connectivity index is 1.84. The first-order chi connectivity index (χ1) is 13.5. The minimum Gasteiger partial charge on any atom is -0.303 e. The highest BCUT2D eigenvalue weighted by Crippen LogP contribution is 2.25. The van der Waals surface area contributed by atoms with Crippen molar-refractivity contribution >= 4 is 33.2 Å². The summed E-state index contributed by atoms with van der Waals surface area (Å²) in [7, 11) is 0. The summed E-state index contributed by atoms with van der Waals surface area (Å²) in [5.41, 5.74) is 5.06. The van der Waals surface area contributed by atoms with Crippen LogP contribution in [-0.4, -0.2) is 15.3 Å². The van der Waals surface area contributed by atoms with Gasteiger partial charge in [0, 0.05) is 16.4 Å². The highest BCUT2D eigenvalue weighted by Gasteiger charge is 2.24. The van der Waals surface area contributed by atoms with Crippen LogP contribution in [0.15, 0.2) is 77.4 Å². The van der Waals surface area contributed by atoms with Crippen molar-refractivity contribution in [2.24, 2.45) is 0 Å². The molecule has 0 aliphatic heterocycles. The maximum atomic E-state index is 13.7. The van der Waals surface area contributed by atoms with Gasteiger partial charge >= 0.3 is 0 Å². The number of amides is 1. The van der Waals surface area contributed by atoms with Crippen LogP contribution in [0, 0.1) is 13.8 Å². The van der Waals surface area contributed by atoms with Crippen LogP contribution in [0.25, 0.3) is 5.65 Å². The first kappa shape index (κ1) is 18.4.